The van der Waals surface area contributed by atoms with Crippen molar-refractivity contribution in [1.29, 1.82) is 0 Å². The maximum Gasteiger partial charge on any atom is 0.321 e. The number of nitrogens with zero attached hydrogens (tertiary/aromatic N) is 1. The van der Waals surface area contributed by atoms with Crippen LogP contribution in [0.4, 0.5) is 14.9 Å². The van der Waals surface area contributed by atoms with Gasteiger partial charge in [0, 0.05) is 37.9 Å². The van der Waals surface area contributed by atoms with E-state index in [-0.39, 0.29) is 24.0 Å². The third kappa shape index (κ3) is 5.81. The molecular formula is C19H28ClFN4O2. The van der Waals surface area contributed by atoms with Crippen molar-refractivity contribution in [1.82, 2.24) is 16.0 Å². The van der Waals surface area contributed by atoms with Crippen molar-refractivity contribution in [3.8, 4) is 0 Å². The van der Waals surface area contributed by atoms with E-state index in [1.165, 1.54) is 61.6 Å². The van der Waals surface area contributed by atoms with Gasteiger partial charge < -0.3 is 16.0 Å². The van der Waals surface area contributed by atoms with Gasteiger partial charge in [-0.3, -0.25) is 9.69 Å². The van der Waals surface area contributed by atoms with Gasteiger partial charge in [0.2, 0.25) is 0 Å². The molecule has 1 aromatic carbocycles. The minimum absolute atomic E-state index is 0. The monoisotopic (exact) mass is 398 g/mol. The Balaban J connectivity index is 0.00000261. The summed E-state index contributed by atoms with van der Waals surface area (Å²) in [5.41, 5.74) is 0.500. The summed E-state index contributed by atoms with van der Waals surface area (Å²) >= 11 is 0. The Bertz CT molecular complexity index is 651. The van der Waals surface area contributed by atoms with Crippen LogP contribution in [-0.2, 0) is 0 Å². The lowest BCUT2D eigenvalue weighted by Gasteiger charge is -2.17. The molecule has 3 amide bonds. The highest BCUT2D eigenvalue weighted by Crippen LogP contribution is 2.20. The fourth-order valence-electron chi connectivity index (χ4n) is 3.60. The van der Waals surface area contributed by atoms with Crippen LogP contribution in [0.15, 0.2) is 18.2 Å². The number of halogens is 2. The van der Waals surface area contributed by atoms with Crippen LogP contribution >= 0.6 is 12.4 Å². The lowest BCUT2D eigenvalue weighted by molar-refractivity contribution is 0.0949. The van der Waals surface area contributed by atoms with E-state index in [2.05, 4.69) is 16.0 Å². The van der Waals surface area contributed by atoms with Crippen LogP contribution in [0.3, 0.4) is 0 Å². The number of hydrogen-bond acceptors (Lipinski definition) is 3. The highest BCUT2D eigenvalue weighted by atomic mass is 35.5. The van der Waals surface area contributed by atoms with Gasteiger partial charge in [-0.2, -0.15) is 0 Å². The predicted molar refractivity (Wildman–Crippen MR) is 106 cm³/mol. The molecule has 1 saturated heterocycles. The van der Waals surface area contributed by atoms with Crippen LogP contribution < -0.4 is 20.9 Å². The van der Waals surface area contributed by atoms with Crippen molar-refractivity contribution in [3.63, 3.8) is 0 Å². The minimum Gasteiger partial charge on any atom is -0.351 e. The maximum atomic E-state index is 14.1. The molecule has 1 aliphatic heterocycles. The summed E-state index contributed by atoms with van der Waals surface area (Å²) in [6.07, 6.45) is 7.49. The lowest BCUT2D eigenvalue weighted by Crippen LogP contribution is -2.37. The largest absolute Gasteiger partial charge is 0.351 e. The third-order valence-corrected chi connectivity index (χ3v) is 5.06. The summed E-state index contributed by atoms with van der Waals surface area (Å²) in [4.78, 5) is 25.6. The van der Waals surface area contributed by atoms with Crippen molar-refractivity contribution >= 4 is 30.0 Å². The molecule has 150 valence electrons. The van der Waals surface area contributed by atoms with Crippen LogP contribution in [0, 0.1) is 5.82 Å². The SMILES string of the molecule is Cl.O=C(NCCNC1CCCCCC1)c1cc(N2CCNC2=O)ccc1F. The molecular weight excluding hydrogens is 371 g/mol. The Morgan fingerprint density at radius 2 is 1.93 bits per heavy atom. The minimum atomic E-state index is -0.581. The molecule has 2 aliphatic rings. The van der Waals surface area contributed by atoms with Crippen LogP contribution in [-0.4, -0.2) is 44.2 Å². The average molecular weight is 399 g/mol. The van der Waals surface area contributed by atoms with E-state index in [1.807, 2.05) is 0 Å². The Morgan fingerprint density at radius 3 is 2.59 bits per heavy atom. The van der Waals surface area contributed by atoms with E-state index < -0.39 is 11.7 Å². The molecule has 0 bridgehead atoms. The zero-order valence-corrected chi connectivity index (χ0v) is 16.2. The Labute approximate surface area is 165 Å². The molecule has 1 saturated carbocycles. The Morgan fingerprint density at radius 1 is 1.19 bits per heavy atom. The molecule has 0 radical (unpaired) electrons. The summed E-state index contributed by atoms with van der Waals surface area (Å²) < 4.78 is 14.1. The first-order valence-corrected chi connectivity index (χ1v) is 9.51. The number of amides is 3. The quantitative estimate of drug-likeness (QED) is 0.509. The van der Waals surface area contributed by atoms with Gasteiger partial charge in [0.15, 0.2) is 0 Å². The molecule has 3 rings (SSSR count). The molecule has 0 unspecified atom stereocenters. The summed E-state index contributed by atoms with van der Waals surface area (Å²) in [7, 11) is 0. The second-order valence-electron chi connectivity index (χ2n) is 6.95. The van der Waals surface area contributed by atoms with Crippen LogP contribution in [0.1, 0.15) is 48.9 Å². The number of carbonyl (C=O) groups is 2. The molecule has 8 heteroatoms. The zero-order valence-electron chi connectivity index (χ0n) is 15.4. The van der Waals surface area contributed by atoms with Crippen molar-refractivity contribution in [3.05, 3.63) is 29.6 Å². The number of urea groups is 1. The number of hydrogen-bond donors (Lipinski definition) is 3. The van der Waals surface area contributed by atoms with Gasteiger partial charge >= 0.3 is 6.03 Å². The highest BCUT2D eigenvalue weighted by molar-refractivity contribution is 5.98. The summed E-state index contributed by atoms with van der Waals surface area (Å²) in [5, 5.41) is 8.93. The fourth-order valence-corrected chi connectivity index (χ4v) is 3.60. The van der Waals surface area contributed by atoms with Gasteiger partial charge in [-0.25, -0.2) is 9.18 Å². The van der Waals surface area contributed by atoms with E-state index in [4.69, 9.17) is 0 Å². The second-order valence-corrected chi connectivity index (χ2v) is 6.95. The molecule has 2 fully saturated rings. The first kappa shape index (κ1) is 21.4. The highest BCUT2D eigenvalue weighted by Gasteiger charge is 2.23. The molecule has 0 atom stereocenters. The molecule has 3 N–H and O–H groups in total. The van der Waals surface area contributed by atoms with E-state index in [0.717, 1.165) is 0 Å². The summed E-state index contributed by atoms with van der Waals surface area (Å²) in [6, 6.07) is 4.48. The van der Waals surface area contributed by atoms with Crippen LogP contribution in [0.25, 0.3) is 0 Å². The molecule has 0 spiro atoms. The molecule has 1 heterocycles. The van der Waals surface area contributed by atoms with E-state index >= 15 is 0 Å². The smallest absolute Gasteiger partial charge is 0.321 e. The maximum absolute atomic E-state index is 14.1. The topological polar surface area (TPSA) is 73.5 Å². The number of carbonyl (C=O) groups excluding carboxylic acids is 2. The number of rotatable bonds is 6. The number of anilines is 1. The Kier molecular flexibility index (Phi) is 8.31. The lowest BCUT2D eigenvalue weighted by atomic mass is 10.1. The summed E-state index contributed by atoms with van der Waals surface area (Å²) in [5.74, 6) is -1.03. The molecule has 6 nitrogen and oxygen atoms in total. The van der Waals surface area contributed by atoms with Gasteiger partial charge in [0.25, 0.3) is 5.91 Å². The van der Waals surface area contributed by atoms with E-state index in [1.54, 1.807) is 0 Å². The van der Waals surface area contributed by atoms with Crippen molar-refractivity contribution < 1.29 is 14.0 Å². The van der Waals surface area contributed by atoms with Crippen LogP contribution in [0.5, 0.6) is 0 Å². The molecule has 1 aliphatic carbocycles. The zero-order chi connectivity index (χ0) is 18.4. The van der Waals surface area contributed by atoms with Crippen molar-refractivity contribution in [2.75, 3.05) is 31.1 Å². The van der Waals surface area contributed by atoms with Crippen molar-refractivity contribution in [2.45, 2.75) is 44.6 Å². The fraction of sp³-hybridized carbons (Fsp3) is 0.579. The first-order valence-electron chi connectivity index (χ1n) is 9.51. The van der Waals surface area contributed by atoms with Crippen LogP contribution in [0.2, 0.25) is 0 Å². The average Bonchev–Trinajstić information content (AvgIpc) is 2.90. The van der Waals surface area contributed by atoms with Gasteiger partial charge in [-0.1, -0.05) is 25.7 Å². The first-order chi connectivity index (χ1) is 12.6. The second kappa shape index (κ2) is 10.5. The van der Waals surface area contributed by atoms with Gasteiger partial charge in [-0.05, 0) is 31.0 Å². The molecule has 27 heavy (non-hydrogen) atoms. The van der Waals surface area contributed by atoms with Gasteiger partial charge in [-0.15, -0.1) is 12.4 Å². The third-order valence-electron chi connectivity index (χ3n) is 5.06. The summed E-state index contributed by atoms with van der Waals surface area (Å²) in [6.45, 7) is 2.18. The van der Waals surface area contributed by atoms with E-state index in [9.17, 15) is 14.0 Å². The molecule has 0 aromatic heterocycles. The number of nitrogens with one attached hydrogen (secondary N) is 3. The van der Waals surface area contributed by atoms with Crippen molar-refractivity contribution in [2.24, 2.45) is 0 Å². The standard InChI is InChI=1S/C19H27FN4O2.ClH/c20-17-8-7-15(24-12-11-23-19(24)26)13-16(17)18(25)22-10-9-21-14-5-3-1-2-4-6-14;/h7-8,13-14,21H,1-6,9-12H2,(H,22,25)(H,23,26);1H. The van der Waals surface area contributed by atoms with Gasteiger partial charge in [0.1, 0.15) is 5.82 Å². The Hall–Kier alpha value is -1.86. The number of benzene rings is 1. The predicted octanol–water partition coefficient (Wildman–Crippen LogP) is 2.82. The molecule has 1 aromatic rings. The van der Waals surface area contributed by atoms with E-state index in [0.29, 0.717) is 37.9 Å². The van der Waals surface area contributed by atoms with Gasteiger partial charge in [0.05, 0.1) is 5.56 Å². The normalized spacial score (nSPS) is 17.8.